The zero-order valence-corrected chi connectivity index (χ0v) is 16.5. The second kappa shape index (κ2) is 9.60. The van der Waals surface area contributed by atoms with Gasteiger partial charge in [0.1, 0.15) is 11.5 Å². The Morgan fingerprint density at radius 2 is 1.08 bits per heavy atom. The Hall–Kier alpha value is -2.04. The molecule has 0 saturated carbocycles. The number of hydrogen-bond acceptors (Lipinski definition) is 4. The molecule has 2 N–H and O–H groups in total. The number of benzene rings is 2. The molecule has 2 aromatic carbocycles. The summed E-state index contributed by atoms with van der Waals surface area (Å²) < 4.78 is 0. The molecule has 4 nitrogen and oxygen atoms in total. The summed E-state index contributed by atoms with van der Waals surface area (Å²) in [5.41, 5.74) is 4.09. The van der Waals surface area contributed by atoms with E-state index in [1.165, 1.54) is 0 Å². The highest BCUT2D eigenvalue weighted by atomic mass is 16.3. The van der Waals surface area contributed by atoms with Gasteiger partial charge in [0, 0.05) is 37.3 Å². The van der Waals surface area contributed by atoms with Gasteiger partial charge in [-0.2, -0.15) is 0 Å². The highest BCUT2D eigenvalue weighted by Crippen LogP contribution is 2.21. The van der Waals surface area contributed by atoms with Gasteiger partial charge < -0.3 is 10.2 Å². The summed E-state index contributed by atoms with van der Waals surface area (Å²) in [6.07, 6.45) is 0. The molecule has 4 heteroatoms. The molecule has 0 aromatic heterocycles. The van der Waals surface area contributed by atoms with Crippen molar-refractivity contribution in [2.24, 2.45) is 0 Å². The standard InChI is InChI=1S/C22H32N2O2/c1-5-23(15-19-9-7-17(3)13-21(19)25)11-12-24(6-2)16-20-10-8-18(4)14-22(20)26/h7-10,13-14,25-26H,5-6,11-12,15-16H2,1-4H3. The largest absolute Gasteiger partial charge is 0.508 e. The van der Waals surface area contributed by atoms with E-state index >= 15 is 0 Å². The molecule has 0 bridgehead atoms. The fourth-order valence-electron chi connectivity index (χ4n) is 3.08. The van der Waals surface area contributed by atoms with E-state index in [-0.39, 0.29) is 0 Å². The van der Waals surface area contributed by atoms with Gasteiger partial charge in [-0.05, 0) is 50.2 Å². The molecule has 0 saturated heterocycles. The maximum absolute atomic E-state index is 10.1. The first kappa shape index (κ1) is 20.3. The molecule has 26 heavy (non-hydrogen) atoms. The molecule has 2 aromatic rings. The van der Waals surface area contributed by atoms with Crippen LogP contribution in [0.3, 0.4) is 0 Å². The summed E-state index contributed by atoms with van der Waals surface area (Å²) in [7, 11) is 0. The lowest BCUT2D eigenvalue weighted by Crippen LogP contribution is -2.34. The van der Waals surface area contributed by atoms with Crippen LogP contribution in [0.4, 0.5) is 0 Å². The lowest BCUT2D eigenvalue weighted by molar-refractivity contribution is 0.202. The van der Waals surface area contributed by atoms with Gasteiger partial charge in [0.2, 0.25) is 0 Å². The van der Waals surface area contributed by atoms with E-state index in [0.717, 1.165) is 61.5 Å². The van der Waals surface area contributed by atoms with Gasteiger partial charge in [0.15, 0.2) is 0 Å². The Balaban J connectivity index is 1.94. The Morgan fingerprint density at radius 1 is 0.692 bits per heavy atom. The third-order valence-corrected chi connectivity index (χ3v) is 4.90. The molecular weight excluding hydrogens is 324 g/mol. The molecule has 0 spiro atoms. The van der Waals surface area contributed by atoms with Crippen LogP contribution in [-0.2, 0) is 13.1 Å². The van der Waals surface area contributed by atoms with Crippen LogP contribution < -0.4 is 0 Å². The SMILES string of the molecule is CCN(CCN(CC)Cc1ccc(C)cc1O)Cc1ccc(C)cc1O. The van der Waals surface area contributed by atoms with E-state index in [1.807, 2.05) is 50.2 Å². The minimum atomic E-state index is 0.375. The fourth-order valence-corrected chi connectivity index (χ4v) is 3.08. The van der Waals surface area contributed by atoms with Crippen molar-refractivity contribution in [1.82, 2.24) is 9.80 Å². The monoisotopic (exact) mass is 356 g/mol. The van der Waals surface area contributed by atoms with Gasteiger partial charge >= 0.3 is 0 Å². The molecule has 0 radical (unpaired) electrons. The highest BCUT2D eigenvalue weighted by Gasteiger charge is 2.12. The van der Waals surface area contributed by atoms with E-state index in [0.29, 0.717) is 11.5 Å². The van der Waals surface area contributed by atoms with Crippen molar-refractivity contribution >= 4 is 0 Å². The van der Waals surface area contributed by atoms with Crippen LogP contribution in [-0.4, -0.2) is 46.2 Å². The van der Waals surface area contributed by atoms with Gasteiger partial charge in [-0.15, -0.1) is 0 Å². The molecule has 0 aliphatic heterocycles. The van der Waals surface area contributed by atoms with E-state index in [2.05, 4.69) is 23.6 Å². The highest BCUT2D eigenvalue weighted by molar-refractivity contribution is 5.36. The predicted octanol–water partition coefficient (Wildman–Crippen LogP) is 4.06. The number of hydrogen-bond donors (Lipinski definition) is 2. The first-order valence-electron chi connectivity index (χ1n) is 9.44. The van der Waals surface area contributed by atoms with Crippen molar-refractivity contribution in [3.8, 4) is 11.5 Å². The number of aromatic hydroxyl groups is 2. The second-order valence-corrected chi connectivity index (χ2v) is 7.00. The third kappa shape index (κ3) is 5.75. The summed E-state index contributed by atoms with van der Waals surface area (Å²) >= 11 is 0. The fraction of sp³-hybridized carbons (Fsp3) is 0.455. The van der Waals surface area contributed by atoms with E-state index < -0.39 is 0 Å². The van der Waals surface area contributed by atoms with Crippen molar-refractivity contribution in [2.75, 3.05) is 26.2 Å². The Kier molecular flexibility index (Phi) is 7.49. The molecule has 0 atom stereocenters. The number of aryl methyl sites for hydroxylation is 2. The van der Waals surface area contributed by atoms with Gasteiger partial charge in [-0.3, -0.25) is 9.80 Å². The van der Waals surface area contributed by atoms with Crippen LogP contribution >= 0.6 is 0 Å². The molecule has 0 aliphatic rings. The van der Waals surface area contributed by atoms with Crippen LogP contribution in [0.2, 0.25) is 0 Å². The molecule has 0 amide bonds. The van der Waals surface area contributed by atoms with Crippen molar-refractivity contribution in [2.45, 2.75) is 40.8 Å². The molecular formula is C22H32N2O2. The zero-order valence-electron chi connectivity index (χ0n) is 16.5. The van der Waals surface area contributed by atoms with Crippen LogP contribution in [0.15, 0.2) is 36.4 Å². The minimum absolute atomic E-state index is 0.375. The normalized spacial score (nSPS) is 11.5. The van der Waals surface area contributed by atoms with E-state index in [1.54, 1.807) is 0 Å². The van der Waals surface area contributed by atoms with Gasteiger partial charge in [-0.25, -0.2) is 0 Å². The summed E-state index contributed by atoms with van der Waals surface area (Å²) in [5.74, 6) is 0.751. The maximum Gasteiger partial charge on any atom is 0.120 e. The maximum atomic E-state index is 10.1. The molecule has 0 heterocycles. The summed E-state index contributed by atoms with van der Waals surface area (Å²) in [4.78, 5) is 4.67. The van der Waals surface area contributed by atoms with E-state index in [4.69, 9.17) is 0 Å². The second-order valence-electron chi connectivity index (χ2n) is 7.00. The summed E-state index contributed by atoms with van der Waals surface area (Å²) in [6.45, 7) is 13.5. The summed E-state index contributed by atoms with van der Waals surface area (Å²) in [5, 5.41) is 20.3. The van der Waals surface area contributed by atoms with Gasteiger partial charge in [0.05, 0.1) is 0 Å². The number of nitrogens with zero attached hydrogens (tertiary/aromatic N) is 2. The first-order valence-corrected chi connectivity index (χ1v) is 9.44. The molecule has 142 valence electrons. The van der Waals surface area contributed by atoms with Crippen LogP contribution in [0, 0.1) is 13.8 Å². The average molecular weight is 357 g/mol. The summed E-state index contributed by atoms with van der Waals surface area (Å²) in [6, 6.07) is 11.7. The Bertz CT molecular complexity index is 654. The van der Waals surface area contributed by atoms with Crippen molar-refractivity contribution in [1.29, 1.82) is 0 Å². The Morgan fingerprint density at radius 3 is 1.38 bits per heavy atom. The van der Waals surface area contributed by atoms with Crippen molar-refractivity contribution in [3.63, 3.8) is 0 Å². The van der Waals surface area contributed by atoms with Crippen LogP contribution in [0.5, 0.6) is 11.5 Å². The van der Waals surface area contributed by atoms with Crippen molar-refractivity contribution < 1.29 is 10.2 Å². The lowest BCUT2D eigenvalue weighted by Gasteiger charge is -2.26. The first-order chi connectivity index (χ1) is 12.4. The van der Waals surface area contributed by atoms with Crippen LogP contribution in [0.1, 0.15) is 36.1 Å². The van der Waals surface area contributed by atoms with Gasteiger partial charge in [-0.1, -0.05) is 38.1 Å². The number of phenolic OH excluding ortho intramolecular Hbond substituents is 2. The quantitative estimate of drug-likeness (QED) is 0.711. The number of likely N-dealkylation sites (N-methyl/N-ethyl adjacent to an activating group) is 2. The zero-order chi connectivity index (χ0) is 19.1. The number of phenols is 2. The third-order valence-electron chi connectivity index (χ3n) is 4.90. The molecule has 0 aliphatic carbocycles. The average Bonchev–Trinajstić information content (AvgIpc) is 2.61. The topological polar surface area (TPSA) is 46.9 Å². The minimum Gasteiger partial charge on any atom is -0.508 e. The number of rotatable bonds is 9. The predicted molar refractivity (Wildman–Crippen MR) is 108 cm³/mol. The van der Waals surface area contributed by atoms with Crippen LogP contribution in [0.25, 0.3) is 0 Å². The molecule has 0 unspecified atom stereocenters. The smallest absolute Gasteiger partial charge is 0.120 e. The van der Waals surface area contributed by atoms with Gasteiger partial charge in [0.25, 0.3) is 0 Å². The Labute approximate surface area is 157 Å². The van der Waals surface area contributed by atoms with E-state index in [9.17, 15) is 10.2 Å². The molecule has 2 rings (SSSR count). The van der Waals surface area contributed by atoms with Crippen molar-refractivity contribution in [3.05, 3.63) is 58.7 Å². The lowest BCUT2D eigenvalue weighted by atomic mass is 10.1. The molecule has 0 fully saturated rings.